The van der Waals surface area contributed by atoms with E-state index < -0.39 is 0 Å². The van der Waals surface area contributed by atoms with Crippen molar-refractivity contribution in [3.05, 3.63) is 47.4 Å². The van der Waals surface area contributed by atoms with Crippen molar-refractivity contribution in [2.45, 2.75) is 40.3 Å². The number of nitrogens with zero attached hydrogens (tertiary/aromatic N) is 3. The van der Waals surface area contributed by atoms with Gasteiger partial charge in [0.15, 0.2) is 5.82 Å². The molecule has 0 aliphatic rings. The number of urea groups is 1. The maximum atomic E-state index is 12.1. The lowest BCUT2D eigenvalue weighted by Gasteiger charge is -2.12. The number of aromatic nitrogens is 3. The zero-order valence-corrected chi connectivity index (χ0v) is 17.2. The number of fused-ring (bicyclic) bond motifs is 1. The van der Waals surface area contributed by atoms with Gasteiger partial charge in [-0.25, -0.2) is 14.8 Å². The molecular weight excluding hydrogens is 368 g/mol. The van der Waals surface area contributed by atoms with Crippen molar-refractivity contribution >= 4 is 28.6 Å². The van der Waals surface area contributed by atoms with Crippen LogP contribution in [0, 0.1) is 13.8 Å². The lowest BCUT2D eigenvalue weighted by Crippen LogP contribution is -2.30. The number of para-hydroxylation sites is 1. The molecule has 3 rings (SSSR count). The van der Waals surface area contributed by atoms with Crippen LogP contribution in [0.15, 0.2) is 30.3 Å². The van der Waals surface area contributed by atoms with E-state index in [-0.39, 0.29) is 6.03 Å². The van der Waals surface area contributed by atoms with E-state index in [9.17, 15) is 4.79 Å². The maximum Gasteiger partial charge on any atom is 0.319 e. The van der Waals surface area contributed by atoms with Crippen LogP contribution in [0.1, 0.15) is 30.4 Å². The number of imidazole rings is 1. The number of rotatable bonds is 8. The molecule has 0 fully saturated rings. The van der Waals surface area contributed by atoms with E-state index in [1.54, 1.807) is 0 Å². The van der Waals surface area contributed by atoms with Crippen LogP contribution in [0.3, 0.4) is 0 Å². The van der Waals surface area contributed by atoms with Crippen molar-refractivity contribution in [2.75, 3.05) is 24.2 Å². The van der Waals surface area contributed by atoms with Crippen molar-refractivity contribution in [1.29, 1.82) is 0 Å². The highest BCUT2D eigenvalue weighted by Gasteiger charge is 2.17. The predicted octanol–water partition coefficient (Wildman–Crippen LogP) is 3.38. The fourth-order valence-electron chi connectivity index (χ4n) is 3.23. The van der Waals surface area contributed by atoms with Crippen LogP contribution in [0.4, 0.5) is 16.3 Å². The van der Waals surface area contributed by atoms with Gasteiger partial charge in [-0.15, -0.1) is 0 Å². The molecule has 2 heterocycles. The Hall–Kier alpha value is -3.13. The van der Waals surface area contributed by atoms with Crippen LogP contribution in [-0.2, 0) is 17.9 Å². The summed E-state index contributed by atoms with van der Waals surface area (Å²) in [4.78, 5) is 21.1. The van der Waals surface area contributed by atoms with E-state index in [0.29, 0.717) is 37.6 Å². The first kappa shape index (κ1) is 20.6. The molecule has 154 valence electrons. The minimum atomic E-state index is -0.221. The van der Waals surface area contributed by atoms with Gasteiger partial charge in [0.25, 0.3) is 0 Å². The second-order valence-corrected chi connectivity index (χ2v) is 6.82. The highest BCUT2D eigenvalue weighted by Crippen LogP contribution is 2.26. The molecule has 0 aliphatic heterocycles. The molecule has 8 heteroatoms. The summed E-state index contributed by atoms with van der Waals surface area (Å²) >= 11 is 0. The summed E-state index contributed by atoms with van der Waals surface area (Å²) in [5.74, 6) is 1.25. The number of amides is 2. The number of ether oxygens (including phenoxy) is 1. The van der Waals surface area contributed by atoms with Crippen LogP contribution >= 0.6 is 0 Å². The van der Waals surface area contributed by atoms with Gasteiger partial charge in [0, 0.05) is 31.1 Å². The lowest BCUT2D eigenvalue weighted by molar-refractivity contribution is 0.126. The third kappa shape index (κ3) is 4.83. The van der Waals surface area contributed by atoms with Gasteiger partial charge in [0.1, 0.15) is 17.9 Å². The van der Waals surface area contributed by atoms with Crippen molar-refractivity contribution in [2.24, 2.45) is 0 Å². The fraction of sp³-hybridized carbons (Fsp3) is 0.381. The second kappa shape index (κ2) is 9.38. The van der Waals surface area contributed by atoms with E-state index in [2.05, 4.69) is 25.2 Å². The van der Waals surface area contributed by atoms with Gasteiger partial charge in [-0.2, -0.15) is 0 Å². The van der Waals surface area contributed by atoms with E-state index in [1.807, 2.05) is 51.1 Å². The molecule has 1 aromatic carbocycles. The number of aryl methyl sites for hydroxylation is 3. The summed E-state index contributed by atoms with van der Waals surface area (Å²) in [5.41, 5.74) is 10.5. The molecule has 0 atom stereocenters. The molecule has 0 bridgehead atoms. The zero-order chi connectivity index (χ0) is 20.8. The molecule has 0 spiro atoms. The minimum Gasteiger partial charge on any atom is -0.382 e. The fourth-order valence-corrected chi connectivity index (χ4v) is 3.23. The third-order valence-corrected chi connectivity index (χ3v) is 4.79. The molecule has 0 saturated carbocycles. The first-order valence-electron chi connectivity index (χ1n) is 9.80. The van der Waals surface area contributed by atoms with Crippen LogP contribution in [0.25, 0.3) is 11.0 Å². The zero-order valence-electron chi connectivity index (χ0n) is 17.2. The Bertz CT molecular complexity index is 984. The summed E-state index contributed by atoms with van der Waals surface area (Å²) in [5, 5.41) is 5.70. The number of nitrogens with one attached hydrogen (secondary N) is 2. The first-order valence-corrected chi connectivity index (χ1v) is 9.80. The summed E-state index contributed by atoms with van der Waals surface area (Å²) < 4.78 is 7.71. The van der Waals surface area contributed by atoms with E-state index in [1.165, 1.54) is 0 Å². The number of hydrogen-bond acceptors (Lipinski definition) is 5. The molecule has 2 aromatic heterocycles. The van der Waals surface area contributed by atoms with Gasteiger partial charge in [-0.1, -0.05) is 18.2 Å². The summed E-state index contributed by atoms with van der Waals surface area (Å²) in [7, 11) is 0. The van der Waals surface area contributed by atoms with Crippen LogP contribution in [-0.4, -0.2) is 33.7 Å². The van der Waals surface area contributed by atoms with Gasteiger partial charge >= 0.3 is 6.03 Å². The average molecular weight is 396 g/mol. The Balaban J connectivity index is 1.69. The van der Waals surface area contributed by atoms with Crippen molar-refractivity contribution in [3.63, 3.8) is 0 Å². The number of carbonyl (C=O) groups excluding carboxylic acids is 1. The molecular formula is C21H28N6O2. The Morgan fingerprint density at radius 3 is 2.69 bits per heavy atom. The molecule has 2 amide bonds. The van der Waals surface area contributed by atoms with Crippen molar-refractivity contribution < 1.29 is 9.53 Å². The molecule has 8 nitrogen and oxygen atoms in total. The highest BCUT2D eigenvalue weighted by atomic mass is 16.5. The topological polar surface area (TPSA) is 107 Å². The SMILES string of the molecule is CCOCc1nc2c(N)nc(C)c(C)c2n1CCCNC(=O)Nc1ccccc1. The number of carbonyl (C=O) groups is 1. The Kier molecular flexibility index (Phi) is 6.66. The molecule has 0 unspecified atom stereocenters. The largest absolute Gasteiger partial charge is 0.382 e. The number of benzene rings is 1. The Morgan fingerprint density at radius 2 is 1.97 bits per heavy atom. The molecule has 29 heavy (non-hydrogen) atoms. The quantitative estimate of drug-likeness (QED) is 0.506. The van der Waals surface area contributed by atoms with E-state index >= 15 is 0 Å². The second-order valence-electron chi connectivity index (χ2n) is 6.82. The van der Waals surface area contributed by atoms with Gasteiger partial charge in [-0.3, -0.25) is 0 Å². The number of nitrogens with two attached hydrogens (primary N) is 1. The number of pyridine rings is 1. The van der Waals surface area contributed by atoms with Crippen LogP contribution in [0.5, 0.6) is 0 Å². The lowest BCUT2D eigenvalue weighted by atomic mass is 10.2. The number of hydrogen-bond donors (Lipinski definition) is 3. The minimum absolute atomic E-state index is 0.221. The Morgan fingerprint density at radius 1 is 1.21 bits per heavy atom. The summed E-state index contributed by atoms with van der Waals surface area (Å²) in [6, 6.07) is 9.14. The maximum absolute atomic E-state index is 12.1. The smallest absolute Gasteiger partial charge is 0.319 e. The monoisotopic (exact) mass is 396 g/mol. The van der Waals surface area contributed by atoms with Gasteiger partial charge in [0.05, 0.1) is 5.52 Å². The number of nitrogen functional groups attached to an aromatic ring is 1. The molecule has 3 aromatic rings. The first-order chi connectivity index (χ1) is 14.0. The van der Waals surface area contributed by atoms with Gasteiger partial charge in [0.2, 0.25) is 0 Å². The Labute approximate surface area is 170 Å². The van der Waals surface area contributed by atoms with E-state index in [0.717, 1.165) is 34.7 Å². The summed E-state index contributed by atoms with van der Waals surface area (Å²) in [6.45, 7) is 8.16. The highest BCUT2D eigenvalue weighted by molar-refractivity contribution is 5.89. The standard InChI is InChI=1S/C21H28N6O2/c1-4-29-13-17-26-18-19(14(2)15(3)24-20(18)22)27(17)12-8-11-23-21(28)25-16-9-6-5-7-10-16/h5-7,9-10H,4,8,11-13H2,1-3H3,(H2,22,24)(H2,23,25,28). The van der Waals surface area contributed by atoms with Crippen LogP contribution in [0.2, 0.25) is 0 Å². The van der Waals surface area contributed by atoms with Crippen LogP contribution < -0.4 is 16.4 Å². The predicted molar refractivity (Wildman–Crippen MR) is 115 cm³/mol. The molecule has 4 N–H and O–H groups in total. The van der Waals surface area contributed by atoms with Gasteiger partial charge in [-0.05, 0) is 44.9 Å². The summed E-state index contributed by atoms with van der Waals surface area (Å²) in [6.07, 6.45) is 0.744. The third-order valence-electron chi connectivity index (χ3n) is 4.79. The number of anilines is 2. The van der Waals surface area contributed by atoms with Gasteiger partial charge < -0.3 is 25.7 Å². The van der Waals surface area contributed by atoms with Crippen molar-refractivity contribution in [1.82, 2.24) is 19.9 Å². The molecule has 0 saturated heterocycles. The van der Waals surface area contributed by atoms with Crippen molar-refractivity contribution in [3.8, 4) is 0 Å². The molecule has 0 radical (unpaired) electrons. The average Bonchev–Trinajstić information content (AvgIpc) is 3.08. The normalized spacial score (nSPS) is 11.0. The molecule has 0 aliphatic carbocycles. The van der Waals surface area contributed by atoms with E-state index in [4.69, 9.17) is 10.5 Å².